The molecule has 2 aromatic rings. The molecule has 0 bridgehead atoms. The molecule has 9 heteroatoms. The van der Waals surface area contributed by atoms with Crippen molar-refractivity contribution in [2.75, 3.05) is 24.5 Å². The van der Waals surface area contributed by atoms with Crippen molar-refractivity contribution in [2.24, 2.45) is 0 Å². The molecule has 35 heavy (non-hydrogen) atoms. The zero-order valence-corrected chi connectivity index (χ0v) is 20.7. The number of amides is 4. The Kier molecular flexibility index (Phi) is 7.75. The Morgan fingerprint density at radius 2 is 1.74 bits per heavy atom. The zero-order valence-electron chi connectivity index (χ0n) is 19.9. The molecule has 0 saturated carbocycles. The summed E-state index contributed by atoms with van der Waals surface area (Å²) in [6.45, 7) is 4.77. The van der Waals surface area contributed by atoms with Crippen molar-refractivity contribution in [3.63, 3.8) is 0 Å². The van der Waals surface area contributed by atoms with Crippen LogP contribution in [-0.2, 0) is 19.2 Å². The van der Waals surface area contributed by atoms with Crippen LogP contribution in [0.1, 0.15) is 37.5 Å². The van der Waals surface area contributed by atoms with Crippen molar-refractivity contribution in [1.82, 2.24) is 15.5 Å². The minimum absolute atomic E-state index is 0.119. The number of nitrogens with one attached hydrogen (secondary N) is 2. The van der Waals surface area contributed by atoms with Gasteiger partial charge in [0, 0.05) is 24.4 Å². The molecule has 8 nitrogen and oxygen atoms in total. The molecule has 2 aliphatic heterocycles. The summed E-state index contributed by atoms with van der Waals surface area (Å²) in [6, 6.07) is 15.5. The Labute approximate surface area is 209 Å². The maximum Gasteiger partial charge on any atom is 0.251 e. The summed E-state index contributed by atoms with van der Waals surface area (Å²) in [5, 5.41) is 5.18. The number of thioether (sulfide) groups is 1. The quantitative estimate of drug-likeness (QED) is 0.616. The first kappa shape index (κ1) is 24.8. The third-order valence-corrected chi connectivity index (χ3v) is 7.79. The third kappa shape index (κ3) is 5.35. The van der Waals surface area contributed by atoms with E-state index in [0.717, 1.165) is 10.5 Å². The van der Waals surface area contributed by atoms with Gasteiger partial charge in [0.05, 0.1) is 10.9 Å². The second kappa shape index (κ2) is 10.9. The largest absolute Gasteiger partial charge is 0.344 e. The number of carbonyl (C=O) groups excluding carboxylic acids is 4. The van der Waals surface area contributed by atoms with Crippen molar-refractivity contribution in [3.8, 4) is 0 Å². The Hall–Kier alpha value is -3.33. The molecule has 0 aliphatic carbocycles. The number of carbonyl (C=O) groups is 4. The highest BCUT2D eigenvalue weighted by Crippen LogP contribution is 2.45. The van der Waals surface area contributed by atoms with Crippen molar-refractivity contribution in [2.45, 2.75) is 48.9 Å². The van der Waals surface area contributed by atoms with E-state index in [0.29, 0.717) is 25.2 Å². The molecule has 2 heterocycles. The van der Waals surface area contributed by atoms with E-state index >= 15 is 0 Å². The Bertz CT molecular complexity index is 1110. The van der Waals surface area contributed by atoms with Gasteiger partial charge in [0.1, 0.15) is 18.6 Å². The molecule has 0 aromatic heterocycles. The van der Waals surface area contributed by atoms with Gasteiger partial charge < -0.3 is 20.4 Å². The van der Waals surface area contributed by atoms with Gasteiger partial charge in [0.2, 0.25) is 17.7 Å². The van der Waals surface area contributed by atoms with Crippen LogP contribution < -0.4 is 15.5 Å². The highest BCUT2D eigenvalue weighted by Gasteiger charge is 2.41. The first-order valence-corrected chi connectivity index (χ1v) is 12.8. The molecule has 0 unspecified atom stereocenters. The summed E-state index contributed by atoms with van der Waals surface area (Å²) >= 11 is 1.49. The van der Waals surface area contributed by atoms with Gasteiger partial charge in [-0.25, -0.2) is 0 Å². The fourth-order valence-corrected chi connectivity index (χ4v) is 5.82. The van der Waals surface area contributed by atoms with Crippen LogP contribution in [0.15, 0.2) is 59.5 Å². The van der Waals surface area contributed by atoms with Crippen molar-refractivity contribution < 1.29 is 19.2 Å². The smallest absolute Gasteiger partial charge is 0.251 e. The molecular formula is C26H30N4O4S. The summed E-state index contributed by atoms with van der Waals surface area (Å²) in [4.78, 5) is 56.0. The second-order valence-electron chi connectivity index (χ2n) is 8.55. The number of anilines is 1. The molecule has 1 fully saturated rings. The second-order valence-corrected chi connectivity index (χ2v) is 9.74. The zero-order chi connectivity index (χ0) is 24.9. The van der Waals surface area contributed by atoms with E-state index in [2.05, 4.69) is 10.6 Å². The van der Waals surface area contributed by atoms with E-state index < -0.39 is 23.2 Å². The summed E-state index contributed by atoms with van der Waals surface area (Å²) in [7, 11) is 0. The van der Waals surface area contributed by atoms with Gasteiger partial charge >= 0.3 is 0 Å². The van der Waals surface area contributed by atoms with Gasteiger partial charge in [-0.15, -0.1) is 11.8 Å². The number of hydrogen-bond acceptors (Lipinski definition) is 5. The monoisotopic (exact) mass is 494 g/mol. The molecule has 1 saturated heterocycles. The fraction of sp³-hybridized carbons (Fsp3) is 0.385. The average molecular weight is 495 g/mol. The van der Waals surface area contributed by atoms with Crippen molar-refractivity contribution >= 4 is 41.1 Å². The molecule has 0 radical (unpaired) electrons. The maximum absolute atomic E-state index is 14.1. The molecule has 4 amide bonds. The lowest BCUT2D eigenvalue weighted by Gasteiger charge is -2.30. The molecule has 0 spiro atoms. The topological polar surface area (TPSA) is 98.8 Å². The first-order chi connectivity index (χ1) is 16.9. The van der Waals surface area contributed by atoms with E-state index in [9.17, 15) is 19.2 Å². The number of hydrogen-bond donors (Lipinski definition) is 2. The number of para-hydroxylation sites is 1. The van der Waals surface area contributed by atoms with E-state index in [1.54, 1.807) is 4.90 Å². The highest BCUT2D eigenvalue weighted by atomic mass is 32.2. The third-order valence-electron chi connectivity index (χ3n) is 6.39. The summed E-state index contributed by atoms with van der Waals surface area (Å²) in [5.41, 5.74) is 1.54. The van der Waals surface area contributed by atoms with Gasteiger partial charge in [-0.2, -0.15) is 0 Å². The number of benzene rings is 2. The molecular weight excluding hydrogens is 464 g/mol. The number of nitrogens with zero attached hydrogens (tertiary/aromatic N) is 2. The van der Waals surface area contributed by atoms with Gasteiger partial charge in [0.15, 0.2) is 0 Å². The van der Waals surface area contributed by atoms with Crippen LogP contribution in [0.25, 0.3) is 0 Å². The van der Waals surface area contributed by atoms with E-state index in [1.165, 1.54) is 16.7 Å². The number of fused-ring (bicyclic) bond motifs is 1. The standard InChI is InChI=1S/C26H30N4O4S/c1-3-29(4-2)22(32)16-30-19-12-8-9-13-20(19)35-24(17-10-6-5-7-11-17)23(26(30)34)28-25(33)18-14-15-21(31)27-18/h5-13,18,23-24H,3-4,14-16H2,1-2H3,(H,27,31)(H,28,33)/t18-,23+,24-/m0/s1. The summed E-state index contributed by atoms with van der Waals surface area (Å²) in [5.74, 6) is -1.08. The lowest BCUT2D eigenvalue weighted by Crippen LogP contribution is -2.55. The molecule has 3 atom stereocenters. The normalized spacial score (nSPS) is 21.7. The number of rotatable bonds is 7. The average Bonchev–Trinajstić information content (AvgIpc) is 3.28. The maximum atomic E-state index is 14.1. The van der Waals surface area contributed by atoms with Gasteiger partial charge in [-0.1, -0.05) is 42.5 Å². The highest BCUT2D eigenvalue weighted by molar-refractivity contribution is 7.99. The van der Waals surface area contributed by atoms with Crippen LogP contribution >= 0.6 is 11.8 Å². The SMILES string of the molecule is CCN(CC)C(=O)CN1C(=O)[C@H](NC(=O)[C@@H]2CCC(=O)N2)[C@H](c2ccccc2)Sc2ccccc21. The molecule has 2 aliphatic rings. The van der Waals surface area contributed by atoms with Crippen molar-refractivity contribution in [1.29, 1.82) is 0 Å². The lowest BCUT2D eigenvalue weighted by atomic mass is 10.0. The molecule has 184 valence electrons. The van der Waals surface area contributed by atoms with Crippen LogP contribution in [0.3, 0.4) is 0 Å². The predicted octanol–water partition coefficient (Wildman–Crippen LogP) is 2.50. The minimum Gasteiger partial charge on any atom is -0.344 e. The number of likely N-dealkylation sites (N-methyl/N-ethyl adjacent to an activating group) is 1. The fourth-order valence-electron chi connectivity index (χ4n) is 4.48. The van der Waals surface area contributed by atoms with Crippen LogP contribution in [0.5, 0.6) is 0 Å². The molecule has 4 rings (SSSR count). The summed E-state index contributed by atoms with van der Waals surface area (Å²) < 4.78 is 0. The van der Waals surface area contributed by atoms with Crippen LogP contribution in [-0.4, -0.2) is 60.2 Å². The minimum atomic E-state index is -0.927. The van der Waals surface area contributed by atoms with Crippen molar-refractivity contribution in [3.05, 3.63) is 60.2 Å². The predicted molar refractivity (Wildman–Crippen MR) is 135 cm³/mol. The van der Waals surface area contributed by atoms with E-state index in [-0.39, 0.29) is 30.7 Å². The Morgan fingerprint density at radius 1 is 1.06 bits per heavy atom. The van der Waals surface area contributed by atoms with Crippen LogP contribution in [0, 0.1) is 0 Å². The Morgan fingerprint density at radius 3 is 2.40 bits per heavy atom. The molecule has 2 aromatic carbocycles. The van der Waals surface area contributed by atoms with Crippen LogP contribution in [0.4, 0.5) is 5.69 Å². The summed E-state index contributed by atoms with van der Waals surface area (Å²) in [6.07, 6.45) is 0.669. The van der Waals surface area contributed by atoms with E-state index in [1.807, 2.05) is 68.4 Å². The molecule has 2 N–H and O–H groups in total. The van der Waals surface area contributed by atoms with Gasteiger partial charge in [-0.3, -0.25) is 19.2 Å². The van der Waals surface area contributed by atoms with E-state index in [4.69, 9.17) is 0 Å². The lowest BCUT2D eigenvalue weighted by molar-refractivity contribution is -0.132. The van der Waals surface area contributed by atoms with Gasteiger partial charge in [0.25, 0.3) is 5.91 Å². The van der Waals surface area contributed by atoms with Gasteiger partial charge in [-0.05, 0) is 38.0 Å². The Balaban J connectivity index is 1.73. The van der Waals surface area contributed by atoms with Crippen LogP contribution in [0.2, 0.25) is 0 Å². The first-order valence-electron chi connectivity index (χ1n) is 11.9.